The highest BCUT2D eigenvalue weighted by Gasteiger charge is 2.55. The third kappa shape index (κ3) is 2.02. The molecule has 0 bridgehead atoms. The molecular weight excluding hydrogens is 166 g/mol. The maximum Gasteiger partial charge on any atom is 0.311 e. The van der Waals surface area contributed by atoms with Crippen LogP contribution in [0.1, 0.15) is 33.1 Å². The van der Waals surface area contributed by atoms with Crippen LogP contribution in [0.2, 0.25) is 0 Å². The minimum atomic E-state index is -0.632. The molecule has 1 rings (SSSR count). The second-order valence-corrected chi connectivity index (χ2v) is 4.43. The van der Waals surface area contributed by atoms with Gasteiger partial charge in [0.1, 0.15) is 0 Å². The summed E-state index contributed by atoms with van der Waals surface area (Å²) in [7, 11) is 1.86. The molecule has 0 aromatic heterocycles. The first-order chi connectivity index (χ1) is 6.03. The Balaban J connectivity index is 2.61. The Morgan fingerprint density at radius 3 is 2.31 bits per heavy atom. The molecule has 0 heterocycles. The second kappa shape index (κ2) is 3.66. The Morgan fingerprint density at radius 2 is 2.08 bits per heavy atom. The summed E-state index contributed by atoms with van der Waals surface area (Å²) in [5.74, 6) is -0.0817. The highest BCUT2D eigenvalue weighted by molar-refractivity contribution is 5.78. The minimum absolute atomic E-state index is 0.144. The van der Waals surface area contributed by atoms with Crippen molar-refractivity contribution >= 4 is 5.97 Å². The summed E-state index contributed by atoms with van der Waals surface area (Å²) in [5.41, 5.74) is -0.445. The van der Waals surface area contributed by atoms with E-state index in [1.807, 2.05) is 7.05 Å². The Labute approximate surface area is 79.5 Å². The van der Waals surface area contributed by atoms with Crippen molar-refractivity contribution in [3.8, 4) is 0 Å². The molecule has 3 nitrogen and oxygen atoms in total. The van der Waals surface area contributed by atoms with E-state index in [0.29, 0.717) is 5.92 Å². The summed E-state index contributed by atoms with van der Waals surface area (Å²) in [5, 5.41) is 12.2. The number of hydrogen-bond acceptors (Lipinski definition) is 2. The van der Waals surface area contributed by atoms with E-state index in [9.17, 15) is 4.79 Å². The fourth-order valence-electron chi connectivity index (χ4n) is 1.94. The quantitative estimate of drug-likeness (QED) is 0.682. The van der Waals surface area contributed by atoms with Gasteiger partial charge in [0.2, 0.25) is 0 Å². The molecule has 3 heteroatoms. The molecule has 1 fully saturated rings. The van der Waals surface area contributed by atoms with Gasteiger partial charge in [0, 0.05) is 6.04 Å². The molecular formula is C10H19NO2. The normalized spacial score (nSPS) is 21.5. The monoisotopic (exact) mass is 185 g/mol. The SMILES string of the molecule is CNC(CC(C)C)C1(C(=O)O)CC1. The van der Waals surface area contributed by atoms with Crippen molar-refractivity contribution in [2.24, 2.45) is 11.3 Å². The van der Waals surface area contributed by atoms with E-state index in [2.05, 4.69) is 19.2 Å². The van der Waals surface area contributed by atoms with Crippen LogP contribution >= 0.6 is 0 Å². The first-order valence-corrected chi connectivity index (χ1v) is 4.93. The number of rotatable bonds is 5. The molecule has 0 saturated heterocycles. The van der Waals surface area contributed by atoms with E-state index in [1.165, 1.54) is 0 Å². The van der Waals surface area contributed by atoms with Crippen LogP contribution in [-0.2, 0) is 4.79 Å². The van der Waals surface area contributed by atoms with Gasteiger partial charge < -0.3 is 10.4 Å². The summed E-state index contributed by atoms with van der Waals surface area (Å²) < 4.78 is 0. The Hall–Kier alpha value is -0.570. The van der Waals surface area contributed by atoms with Gasteiger partial charge in [-0.2, -0.15) is 0 Å². The van der Waals surface area contributed by atoms with Gasteiger partial charge >= 0.3 is 5.97 Å². The number of carbonyl (C=O) groups is 1. The van der Waals surface area contributed by atoms with Gasteiger partial charge in [0.15, 0.2) is 0 Å². The summed E-state index contributed by atoms with van der Waals surface area (Å²) in [6, 6.07) is 0.144. The number of hydrogen-bond donors (Lipinski definition) is 2. The lowest BCUT2D eigenvalue weighted by atomic mass is 9.89. The summed E-state index contributed by atoms with van der Waals surface area (Å²) in [4.78, 5) is 11.0. The highest BCUT2D eigenvalue weighted by Crippen LogP contribution is 2.50. The largest absolute Gasteiger partial charge is 0.481 e. The van der Waals surface area contributed by atoms with Crippen molar-refractivity contribution in [2.45, 2.75) is 39.2 Å². The maximum atomic E-state index is 11.0. The predicted octanol–water partition coefficient (Wildman–Crippen LogP) is 1.49. The number of nitrogens with one attached hydrogen (secondary N) is 1. The van der Waals surface area contributed by atoms with E-state index in [4.69, 9.17) is 5.11 Å². The average Bonchev–Trinajstić information content (AvgIpc) is 2.79. The predicted molar refractivity (Wildman–Crippen MR) is 51.6 cm³/mol. The van der Waals surface area contributed by atoms with E-state index < -0.39 is 11.4 Å². The van der Waals surface area contributed by atoms with E-state index in [0.717, 1.165) is 19.3 Å². The van der Waals surface area contributed by atoms with E-state index in [-0.39, 0.29) is 6.04 Å². The van der Waals surface area contributed by atoms with Gasteiger partial charge in [-0.3, -0.25) is 4.79 Å². The third-order valence-electron chi connectivity index (χ3n) is 2.94. The Kier molecular flexibility index (Phi) is 2.96. The minimum Gasteiger partial charge on any atom is -0.481 e. The van der Waals surface area contributed by atoms with Gasteiger partial charge in [-0.1, -0.05) is 13.8 Å². The van der Waals surface area contributed by atoms with Crippen LogP contribution in [0.25, 0.3) is 0 Å². The van der Waals surface area contributed by atoms with Gasteiger partial charge in [-0.05, 0) is 32.2 Å². The fourth-order valence-corrected chi connectivity index (χ4v) is 1.94. The molecule has 76 valence electrons. The zero-order chi connectivity index (χ0) is 10.1. The van der Waals surface area contributed by atoms with E-state index >= 15 is 0 Å². The molecule has 0 aliphatic heterocycles. The van der Waals surface area contributed by atoms with Crippen molar-refractivity contribution in [1.82, 2.24) is 5.32 Å². The molecule has 1 aliphatic carbocycles. The summed E-state index contributed by atoms with van der Waals surface area (Å²) in [6.45, 7) is 4.25. The van der Waals surface area contributed by atoms with Crippen molar-refractivity contribution in [3.63, 3.8) is 0 Å². The van der Waals surface area contributed by atoms with E-state index in [1.54, 1.807) is 0 Å². The van der Waals surface area contributed by atoms with Crippen molar-refractivity contribution in [2.75, 3.05) is 7.05 Å². The van der Waals surface area contributed by atoms with Crippen LogP contribution in [0, 0.1) is 11.3 Å². The molecule has 13 heavy (non-hydrogen) atoms. The zero-order valence-corrected chi connectivity index (χ0v) is 8.63. The standard InChI is InChI=1S/C10H19NO2/c1-7(2)6-8(11-3)10(4-5-10)9(12)13/h7-8,11H,4-6H2,1-3H3,(H,12,13). The van der Waals surface area contributed by atoms with Crippen LogP contribution in [0.15, 0.2) is 0 Å². The summed E-state index contributed by atoms with van der Waals surface area (Å²) >= 11 is 0. The third-order valence-corrected chi connectivity index (χ3v) is 2.94. The number of carboxylic acid groups (broad SMARTS) is 1. The molecule has 0 radical (unpaired) electrons. The first kappa shape index (κ1) is 10.5. The van der Waals surface area contributed by atoms with Gasteiger partial charge in [-0.15, -0.1) is 0 Å². The average molecular weight is 185 g/mol. The first-order valence-electron chi connectivity index (χ1n) is 4.93. The smallest absolute Gasteiger partial charge is 0.311 e. The van der Waals surface area contributed by atoms with Crippen molar-refractivity contribution in [1.29, 1.82) is 0 Å². The zero-order valence-electron chi connectivity index (χ0n) is 8.63. The molecule has 1 aliphatic rings. The van der Waals surface area contributed by atoms with Crippen LogP contribution < -0.4 is 5.32 Å². The Bertz CT molecular complexity index is 197. The summed E-state index contributed by atoms with van der Waals surface area (Å²) in [6.07, 6.45) is 2.62. The molecule has 2 N–H and O–H groups in total. The van der Waals surface area contributed by atoms with Gasteiger partial charge in [0.05, 0.1) is 5.41 Å². The molecule has 1 saturated carbocycles. The molecule has 1 unspecified atom stereocenters. The molecule has 0 aromatic carbocycles. The van der Waals surface area contributed by atoms with Crippen molar-refractivity contribution < 1.29 is 9.90 Å². The fraction of sp³-hybridized carbons (Fsp3) is 0.900. The Morgan fingerprint density at radius 1 is 1.54 bits per heavy atom. The van der Waals surface area contributed by atoms with Gasteiger partial charge in [-0.25, -0.2) is 0 Å². The lowest BCUT2D eigenvalue weighted by Crippen LogP contribution is -2.40. The lowest BCUT2D eigenvalue weighted by molar-refractivity contribution is -0.144. The van der Waals surface area contributed by atoms with Crippen molar-refractivity contribution in [3.05, 3.63) is 0 Å². The number of carboxylic acids is 1. The second-order valence-electron chi connectivity index (χ2n) is 4.43. The van der Waals surface area contributed by atoms with Gasteiger partial charge in [0.25, 0.3) is 0 Å². The van der Waals surface area contributed by atoms with Crippen LogP contribution in [-0.4, -0.2) is 24.2 Å². The lowest BCUT2D eigenvalue weighted by Gasteiger charge is -2.24. The van der Waals surface area contributed by atoms with Crippen LogP contribution in [0.4, 0.5) is 0 Å². The molecule has 0 amide bonds. The number of aliphatic carboxylic acids is 1. The topological polar surface area (TPSA) is 49.3 Å². The maximum absolute atomic E-state index is 11.0. The molecule has 1 atom stereocenters. The molecule has 0 spiro atoms. The van der Waals surface area contributed by atoms with Crippen LogP contribution in [0.5, 0.6) is 0 Å². The highest BCUT2D eigenvalue weighted by atomic mass is 16.4. The van der Waals surface area contributed by atoms with Crippen LogP contribution in [0.3, 0.4) is 0 Å². The molecule has 0 aromatic rings.